The Morgan fingerprint density at radius 1 is 0.780 bits per heavy atom. The molecule has 0 spiro atoms. The second kappa shape index (κ2) is 23.7. The van der Waals surface area contributed by atoms with Crippen LogP contribution >= 0.6 is 0 Å². The number of carboxylic acids is 5. The number of hydrogen-bond acceptors (Lipinski definition) is 24. The van der Waals surface area contributed by atoms with Crippen molar-refractivity contribution in [1.29, 1.82) is 10.8 Å². The number of ether oxygens (including phenoxy) is 1. The Labute approximate surface area is 483 Å². The van der Waals surface area contributed by atoms with E-state index in [0.29, 0.717) is 45.1 Å². The first-order valence-electron chi connectivity index (χ1n) is 26.8. The number of aromatic nitrogens is 4. The summed E-state index contributed by atoms with van der Waals surface area (Å²) >= 11 is 0. The third kappa shape index (κ3) is 11.6. The maximum Gasteiger partial charge on any atom is 2.00 e. The number of rotatable bonds is 19. The largest absolute Gasteiger partial charge is 2.00 e. The summed E-state index contributed by atoms with van der Waals surface area (Å²) in [6, 6.07) is -1.16. The van der Waals surface area contributed by atoms with Gasteiger partial charge in [0.2, 0.25) is 0 Å². The molecule has 0 amide bonds. The fourth-order valence-corrected chi connectivity index (χ4v) is 13.9. The van der Waals surface area contributed by atoms with Crippen LogP contribution in [0, 0.1) is 56.2 Å². The number of carbonyl (C=O) groups excluding carboxylic acids is 4. The van der Waals surface area contributed by atoms with Gasteiger partial charge in [-0.3, -0.25) is 24.3 Å². The summed E-state index contributed by atoms with van der Waals surface area (Å²) in [7, 11) is 0. The minimum Gasteiger partial charge on any atom is -0.862 e. The summed E-state index contributed by atoms with van der Waals surface area (Å²) in [6.45, 7) is 15.5. The average molecular weight is 1180 g/mol. The van der Waals surface area contributed by atoms with Gasteiger partial charge in [0.15, 0.2) is 17.7 Å². The van der Waals surface area contributed by atoms with E-state index in [1.807, 2.05) is 13.8 Å². The summed E-state index contributed by atoms with van der Waals surface area (Å²) in [4.78, 5) is 89.2. The molecule has 6 aliphatic rings. The summed E-state index contributed by atoms with van der Waals surface area (Å²) in [5.74, 6) is -11.9. The van der Waals surface area contributed by atoms with Gasteiger partial charge >= 0.3 is 22.7 Å². The molecule has 13 atom stereocenters. The number of nitrogens with zero attached hydrogens (tertiary/aromatic N) is 7. The zero-order valence-corrected chi connectivity index (χ0v) is 48.0. The number of carbonyl (C=O) groups is 5. The van der Waals surface area contributed by atoms with Crippen molar-refractivity contribution in [2.45, 2.75) is 169 Å². The molecule has 447 valence electrons. The van der Waals surface area contributed by atoms with Crippen LogP contribution in [0.3, 0.4) is 0 Å². The molecule has 8 N–H and O–H groups in total. The maximum absolute atomic E-state index is 13.2. The van der Waals surface area contributed by atoms with Crippen molar-refractivity contribution in [3.05, 3.63) is 47.0 Å². The van der Waals surface area contributed by atoms with Crippen LogP contribution in [-0.4, -0.2) is 124 Å². The van der Waals surface area contributed by atoms with Crippen molar-refractivity contribution in [2.24, 2.45) is 60.3 Å². The van der Waals surface area contributed by atoms with Crippen molar-refractivity contribution in [1.82, 2.24) is 24.8 Å². The Kier molecular flexibility index (Phi) is 18.6. The van der Waals surface area contributed by atoms with E-state index in [1.54, 1.807) is 59.1 Å². The quantitative estimate of drug-likeness (QED) is 0.0598. The van der Waals surface area contributed by atoms with Crippen LogP contribution in [0.5, 0.6) is 0 Å². The molecule has 2 saturated heterocycles. The normalized spacial score (nSPS) is 32.5. The van der Waals surface area contributed by atoms with E-state index in [4.69, 9.17) is 36.3 Å². The van der Waals surface area contributed by atoms with Gasteiger partial charge in [0.05, 0.1) is 30.4 Å². The fourth-order valence-electron chi connectivity index (χ4n) is 13.9. The molecule has 27 heteroatoms. The number of fused-ring (bicyclic) bond motifs is 7. The Balaban J connectivity index is 0.000000477. The maximum atomic E-state index is 13.2. The number of aliphatic hydroxyl groups excluding tert-OH is 2. The van der Waals surface area contributed by atoms with Gasteiger partial charge < -0.3 is 91.7 Å². The van der Waals surface area contributed by atoms with E-state index in [1.165, 1.54) is 12.7 Å². The number of aliphatic imine (C=N–C) groups is 3. The first kappa shape index (κ1) is 64.2. The molecule has 0 aromatic carbocycles. The first-order chi connectivity index (χ1) is 37.6. The molecule has 0 saturated carbocycles. The fraction of sp³-hybridized carbons (Fsp3) is 0.618. The van der Waals surface area contributed by atoms with Gasteiger partial charge in [-0.05, 0) is 121 Å². The molecule has 8 rings (SSSR count). The van der Waals surface area contributed by atoms with Crippen molar-refractivity contribution >= 4 is 75.8 Å². The average Bonchev–Trinajstić information content (AvgIpc) is 2.58. The first-order valence-corrected chi connectivity index (χ1v) is 26.8. The minimum atomic E-state index is -1.63. The van der Waals surface area contributed by atoms with Crippen molar-refractivity contribution in [3.63, 3.8) is 0 Å². The third-order valence-corrected chi connectivity index (χ3v) is 18.4. The molecular weight excluding hydrogens is 1110 g/mol. The van der Waals surface area contributed by atoms with Crippen LogP contribution in [0.15, 0.2) is 61.9 Å². The second-order valence-electron chi connectivity index (χ2n) is 23.7. The molecule has 8 bridgehead atoms. The Morgan fingerprint density at radius 2 is 1.35 bits per heavy atom. The van der Waals surface area contributed by atoms with E-state index in [-0.39, 0.29) is 66.1 Å². The van der Waals surface area contributed by atoms with Crippen LogP contribution in [0.4, 0.5) is 5.82 Å². The number of hydrogen-bond donors (Lipinski definition) is 7. The smallest absolute Gasteiger partial charge is 0.862 e. The van der Waals surface area contributed by atoms with Gasteiger partial charge in [0, 0.05) is 103 Å². The number of nitrogen functional groups attached to an aromatic ring is 1. The summed E-state index contributed by atoms with van der Waals surface area (Å²) in [5.41, 5.74) is 2.77. The molecule has 8 heterocycles. The van der Waals surface area contributed by atoms with Gasteiger partial charge in [-0.15, -0.1) is 0 Å². The number of carboxylic acid groups (broad SMARTS) is 5. The minimum absolute atomic E-state index is 0. The number of nitrogens with one attached hydrogen (secondary N) is 3. The molecule has 0 unspecified atom stereocenters. The van der Waals surface area contributed by atoms with Gasteiger partial charge in [-0.2, -0.15) is 0 Å². The number of imidazole rings is 1. The zero-order valence-electron chi connectivity index (χ0n) is 47.0. The molecule has 2 aromatic rings. The third-order valence-electron chi connectivity index (χ3n) is 18.4. The predicted molar refractivity (Wildman–Crippen MR) is 278 cm³/mol. The molecule has 6 aliphatic heterocycles. The SMILES string of the molecule is CC1=C2N=C(C=C3NC(=C(C)C4=N[C@@](C)([C@@H]5N=C1[C@](C)(CCC(=O)[O-])[C@H]5CC(=O)O)[C@@](C)(CC(=N)[O-])[C@@H]4CCC(=O)[O-])[C@@](C)(CC(=N)[O-])[C@@H]3CCC(=O)[O-])C(C)(C)[C@@H]2CCC(=O)[O-].C[C@H]1O[C@@H](n2cnc3c(N)ncnc32)[C@H](O)[C@@H]1O.[Co+2]. The predicted octanol–water partition coefficient (Wildman–Crippen LogP) is -1.87. The van der Waals surface area contributed by atoms with Gasteiger partial charge in [-0.25, -0.2) is 15.0 Å². The standard InChI is InChI=1S/C45H62N6O12.C10H13N5O3.Co/c1-21-36-24(10-13-32(56)57)41(3,4)28(49-36)18-27-23(9-12-31(54)55)43(6,19-29(46)52)39(48-27)22(2)37-25(11-14-33(58)59)44(7,20-30(47)53)45(8,51-37)40-26(17-35(62)63)42(5,38(21)50-40)16-15-34(60)61;1-4-6(16)7(17)10(18-4)15-3-14-5-8(11)12-2-13-9(5)15;/h18,23-26,40,48H,9-17,19-20H2,1-8H3,(H2,46,52)(H2,47,53)(H,54,55)(H,56,57)(H,58,59)(H,60,61)(H,62,63);2-4,6-7,10,16-17H,1H3,(H2,11,12,13);/q;;+2/p-6/t23-,24-,25-,26+,40-,42-,43+,44+,45+;4-,6-,7-,10-;/m11./s1. The number of aliphatic hydroxyl groups is 2. The topological polar surface area (TPSA) is 460 Å². The van der Waals surface area contributed by atoms with Crippen molar-refractivity contribution in [3.8, 4) is 0 Å². The van der Waals surface area contributed by atoms with Crippen molar-refractivity contribution in [2.75, 3.05) is 5.73 Å². The summed E-state index contributed by atoms with van der Waals surface area (Å²) in [6.07, 6.45) is -2.37. The van der Waals surface area contributed by atoms with Crippen LogP contribution in [0.25, 0.3) is 11.2 Å². The number of allylic oxidation sites excluding steroid dienone is 6. The summed E-state index contributed by atoms with van der Waals surface area (Å²) in [5, 5.41) is 125. The molecule has 0 aliphatic carbocycles. The van der Waals surface area contributed by atoms with Crippen LogP contribution in [-0.2, 0) is 45.5 Å². The number of nitrogens with two attached hydrogens (primary N) is 1. The zero-order chi connectivity index (χ0) is 60.2. The van der Waals surface area contributed by atoms with E-state index >= 15 is 0 Å². The Bertz CT molecular complexity index is 3150. The van der Waals surface area contributed by atoms with E-state index in [2.05, 4.69) is 20.3 Å². The van der Waals surface area contributed by atoms with Crippen LogP contribution < -0.4 is 41.7 Å². The van der Waals surface area contributed by atoms with Crippen LogP contribution in [0.2, 0.25) is 0 Å². The number of aliphatic carboxylic acids is 5. The van der Waals surface area contributed by atoms with E-state index < -0.39 is 162 Å². The monoisotopic (exact) mass is 1180 g/mol. The van der Waals surface area contributed by atoms with Crippen molar-refractivity contribution < 1.29 is 91.4 Å². The van der Waals surface area contributed by atoms with Gasteiger partial charge in [0.1, 0.15) is 24.1 Å². The van der Waals surface area contributed by atoms with Gasteiger partial charge in [-0.1, -0.05) is 34.6 Å². The Morgan fingerprint density at radius 3 is 1.89 bits per heavy atom. The Hall–Kier alpha value is -6.94. The van der Waals surface area contributed by atoms with E-state index in [0.717, 1.165) is 0 Å². The summed E-state index contributed by atoms with van der Waals surface area (Å²) < 4.78 is 7.05. The molecular formula is C55H69CoN11O15-4. The second-order valence-corrected chi connectivity index (χ2v) is 23.7. The molecule has 82 heavy (non-hydrogen) atoms. The van der Waals surface area contributed by atoms with Gasteiger partial charge in [0.25, 0.3) is 0 Å². The van der Waals surface area contributed by atoms with E-state index in [9.17, 15) is 69.9 Å². The number of anilines is 1. The molecule has 26 nitrogen and oxygen atoms in total. The molecule has 2 aromatic heterocycles. The van der Waals surface area contributed by atoms with Crippen LogP contribution in [0.1, 0.15) is 139 Å². The molecule has 2 fully saturated rings. The molecule has 1 radical (unpaired) electrons.